The van der Waals surface area contributed by atoms with Crippen molar-refractivity contribution in [3.8, 4) is 23.0 Å². The number of phenols is 2. The minimum absolute atomic E-state index is 0.00301. The number of ether oxygens (including phenoxy) is 4. The number of fused-ring (bicyclic) bond motifs is 4. The molecule has 0 unspecified atom stereocenters. The minimum Gasteiger partial charge on any atom is -0.507 e. The Hall–Kier alpha value is -6.04. The number of hydrogen-bond acceptors (Lipinski definition) is 18. The quantitative estimate of drug-likeness (QED) is 0.0950. The summed E-state index contributed by atoms with van der Waals surface area (Å²) in [5, 5.41) is 126. The highest BCUT2D eigenvalue weighted by Crippen LogP contribution is 2.56. The van der Waals surface area contributed by atoms with E-state index in [0.717, 1.165) is 24.3 Å². The number of rotatable bonds is 9. The van der Waals surface area contributed by atoms with Crippen molar-refractivity contribution in [2.75, 3.05) is 13.2 Å². The molecule has 0 bridgehead atoms. The fourth-order valence-electron chi connectivity index (χ4n) is 8.71. The van der Waals surface area contributed by atoms with Crippen molar-refractivity contribution in [2.24, 2.45) is 0 Å². The zero-order valence-electron chi connectivity index (χ0n) is 31.7. The lowest BCUT2D eigenvalue weighted by molar-refractivity contribution is -0.277. The number of carbonyl (C=O) groups is 4. The molecule has 0 radical (unpaired) electrons. The van der Waals surface area contributed by atoms with Crippen molar-refractivity contribution in [1.82, 2.24) is 0 Å². The first kappa shape index (κ1) is 42.6. The van der Waals surface area contributed by atoms with E-state index in [9.17, 15) is 80.5 Å². The molecular weight excluding hydrogens is 824 g/mol. The number of phenolic OH excluding ortho intramolecular Hbond substituents is 2. The van der Waals surface area contributed by atoms with E-state index in [1.807, 2.05) is 0 Å². The van der Waals surface area contributed by atoms with Gasteiger partial charge in [0.25, 0.3) is 0 Å². The number of hydrogen-bond donors (Lipinski definition) is 12. The van der Waals surface area contributed by atoms with Gasteiger partial charge in [-0.1, -0.05) is 24.3 Å². The molecule has 4 aliphatic rings. The molecule has 12 atom stereocenters. The van der Waals surface area contributed by atoms with E-state index in [-0.39, 0.29) is 44.9 Å². The fraction of sp³-hybridized carbons (Fsp3) is 0.333. The second-order valence-corrected chi connectivity index (χ2v) is 15.2. The number of carboxylic acids is 2. The SMILES string of the molecule is O=C(O)c1cc(O)c2c(c1)[C@@H]([C@@H]1c3cc(C(=O)O)cc(O)c3C(=O)c3c(O[C@H]4O[C@@H](CO)[C@@H](O)[C@@H](O)[C@H]4O)cccc31)c1cccc(O[C@H]3O[C@@H](CO)[C@@H](O)[C@@H](O)[C@H]3O)c1C2=O. The molecule has 8 rings (SSSR count). The first-order valence-electron chi connectivity index (χ1n) is 19.0. The van der Waals surface area contributed by atoms with Gasteiger partial charge in [0.05, 0.1) is 46.6 Å². The van der Waals surface area contributed by atoms with Crippen LogP contribution in [0, 0.1) is 0 Å². The molecule has 326 valence electrons. The van der Waals surface area contributed by atoms with Gasteiger partial charge in [-0.3, -0.25) is 9.59 Å². The molecule has 4 aromatic carbocycles. The van der Waals surface area contributed by atoms with E-state index in [2.05, 4.69) is 0 Å². The van der Waals surface area contributed by atoms with E-state index < -0.39 is 144 Å². The number of aliphatic hydroxyl groups excluding tert-OH is 8. The molecule has 2 saturated heterocycles. The van der Waals surface area contributed by atoms with Crippen LogP contribution >= 0.6 is 0 Å². The number of carboxylic acid groups (broad SMARTS) is 2. The Morgan fingerprint density at radius 2 is 0.887 bits per heavy atom. The second-order valence-electron chi connectivity index (χ2n) is 15.2. The monoisotopic (exact) mass is 862 g/mol. The Morgan fingerprint density at radius 1 is 0.516 bits per heavy atom. The van der Waals surface area contributed by atoms with E-state index in [4.69, 9.17) is 18.9 Å². The molecule has 0 saturated carbocycles. The fourth-order valence-corrected chi connectivity index (χ4v) is 8.71. The van der Waals surface area contributed by atoms with Crippen molar-refractivity contribution in [3.63, 3.8) is 0 Å². The van der Waals surface area contributed by atoms with Crippen LogP contribution in [-0.4, -0.2) is 159 Å². The summed E-state index contributed by atoms with van der Waals surface area (Å²) in [6, 6.07) is 11.9. The van der Waals surface area contributed by atoms with Crippen LogP contribution in [0.2, 0.25) is 0 Å². The summed E-state index contributed by atoms with van der Waals surface area (Å²) in [7, 11) is 0. The van der Waals surface area contributed by atoms with E-state index in [0.29, 0.717) is 0 Å². The van der Waals surface area contributed by atoms with E-state index >= 15 is 0 Å². The van der Waals surface area contributed by atoms with Gasteiger partial charge in [-0.15, -0.1) is 0 Å². The number of aromatic carboxylic acids is 2. The smallest absolute Gasteiger partial charge is 0.335 e. The summed E-state index contributed by atoms with van der Waals surface area (Å²) in [6.45, 7) is -1.64. The van der Waals surface area contributed by atoms with Crippen LogP contribution in [0.25, 0.3) is 0 Å². The molecule has 4 aromatic rings. The maximum absolute atomic E-state index is 14.7. The number of ketones is 2. The van der Waals surface area contributed by atoms with Crippen molar-refractivity contribution in [1.29, 1.82) is 0 Å². The summed E-state index contributed by atoms with van der Waals surface area (Å²) in [6.07, 6.45) is -17.7. The maximum Gasteiger partial charge on any atom is 0.335 e. The van der Waals surface area contributed by atoms with Crippen molar-refractivity contribution in [2.45, 2.75) is 73.2 Å². The molecule has 20 heteroatoms. The van der Waals surface area contributed by atoms with Crippen LogP contribution in [0.4, 0.5) is 0 Å². The second kappa shape index (κ2) is 16.0. The highest BCUT2D eigenvalue weighted by atomic mass is 16.7. The molecule has 62 heavy (non-hydrogen) atoms. The summed E-state index contributed by atoms with van der Waals surface area (Å²) < 4.78 is 23.0. The van der Waals surface area contributed by atoms with Crippen LogP contribution in [0.1, 0.15) is 86.6 Å². The van der Waals surface area contributed by atoms with Crippen LogP contribution in [0.3, 0.4) is 0 Å². The molecule has 2 heterocycles. The normalized spacial score (nSPS) is 30.1. The third kappa shape index (κ3) is 6.73. The van der Waals surface area contributed by atoms with Crippen LogP contribution < -0.4 is 9.47 Å². The van der Waals surface area contributed by atoms with Gasteiger partial charge in [-0.2, -0.15) is 0 Å². The molecular formula is C42H38O20. The highest BCUT2D eigenvalue weighted by molar-refractivity contribution is 6.18. The van der Waals surface area contributed by atoms with Gasteiger partial charge >= 0.3 is 11.9 Å². The third-order valence-electron chi connectivity index (χ3n) is 11.7. The molecule has 20 nitrogen and oxygen atoms in total. The lowest BCUT2D eigenvalue weighted by Crippen LogP contribution is -2.60. The maximum atomic E-state index is 14.7. The highest BCUT2D eigenvalue weighted by Gasteiger charge is 2.50. The predicted octanol–water partition coefficient (Wildman–Crippen LogP) is -1.10. The van der Waals surface area contributed by atoms with Gasteiger partial charge in [-0.05, 0) is 58.7 Å². The number of aliphatic hydroxyl groups is 8. The Kier molecular flexibility index (Phi) is 11.0. The zero-order chi connectivity index (χ0) is 44.6. The molecule has 2 aliphatic heterocycles. The van der Waals surface area contributed by atoms with Gasteiger partial charge in [0, 0.05) is 11.8 Å². The van der Waals surface area contributed by atoms with E-state index in [1.165, 1.54) is 36.4 Å². The van der Waals surface area contributed by atoms with Gasteiger partial charge in [0.2, 0.25) is 24.1 Å². The molecule has 0 aromatic heterocycles. The Labute approximate surface area is 348 Å². The first-order valence-corrected chi connectivity index (χ1v) is 19.0. The number of benzene rings is 4. The van der Waals surface area contributed by atoms with Gasteiger partial charge < -0.3 is 80.2 Å². The number of aromatic hydroxyl groups is 2. The molecule has 2 aliphatic carbocycles. The average molecular weight is 863 g/mol. The summed E-state index contributed by atoms with van der Waals surface area (Å²) in [5.41, 5.74) is -2.87. The van der Waals surface area contributed by atoms with Crippen LogP contribution in [-0.2, 0) is 9.47 Å². The Bertz CT molecular complexity index is 2330. The molecule has 12 N–H and O–H groups in total. The lowest BCUT2D eigenvalue weighted by Gasteiger charge is -2.41. The molecule has 2 fully saturated rings. The van der Waals surface area contributed by atoms with Gasteiger partial charge in [0.15, 0.2) is 0 Å². The number of carbonyl (C=O) groups excluding carboxylic acids is 2. The standard InChI is InChI=1S/C42H38O20/c43-11-23-31(47)35(51)37(53)41(61-23)59-21-5-1-3-15-25(17-7-13(39(55)56)9-19(45)27(17)33(49)29(15)21)26-16-4-2-6-22(60-42-38(54)36(52)32(48)24(12-44)62-42)30(16)34(50)28-18(26)8-14(40(57)58)10-20(28)46/h1-10,23-26,31-32,35-38,41-48,51-54H,11-12H2,(H,55,56)(H,57,58)/t23-,24-,25-,26-,31+,32+,35+,36+,37+,38+,41-,42-/m0/s1. The van der Waals surface area contributed by atoms with Crippen molar-refractivity contribution >= 4 is 23.5 Å². The average Bonchev–Trinajstić information content (AvgIpc) is 3.24. The lowest BCUT2D eigenvalue weighted by atomic mass is 9.63. The van der Waals surface area contributed by atoms with Gasteiger partial charge in [-0.25, -0.2) is 9.59 Å². The minimum atomic E-state index is -1.94. The zero-order valence-corrected chi connectivity index (χ0v) is 31.7. The predicted molar refractivity (Wildman–Crippen MR) is 202 cm³/mol. The Balaban J connectivity index is 1.38. The van der Waals surface area contributed by atoms with Crippen molar-refractivity contribution < 1.29 is 99.4 Å². The largest absolute Gasteiger partial charge is 0.507 e. The topological polar surface area (TPSA) is 348 Å². The summed E-state index contributed by atoms with van der Waals surface area (Å²) in [5.74, 6) is -10.1. The van der Waals surface area contributed by atoms with Crippen LogP contribution in [0.15, 0.2) is 60.7 Å². The summed E-state index contributed by atoms with van der Waals surface area (Å²) in [4.78, 5) is 54.2. The van der Waals surface area contributed by atoms with Crippen molar-refractivity contribution in [3.05, 3.63) is 116 Å². The van der Waals surface area contributed by atoms with Gasteiger partial charge in [0.1, 0.15) is 71.8 Å². The third-order valence-corrected chi connectivity index (χ3v) is 11.7. The molecule has 0 spiro atoms. The summed E-state index contributed by atoms with van der Waals surface area (Å²) >= 11 is 0. The van der Waals surface area contributed by atoms with E-state index in [1.54, 1.807) is 0 Å². The Morgan fingerprint density at radius 3 is 1.23 bits per heavy atom. The van der Waals surface area contributed by atoms with Crippen LogP contribution in [0.5, 0.6) is 23.0 Å². The molecule has 0 amide bonds. The first-order chi connectivity index (χ1) is 29.5.